The highest BCUT2D eigenvalue weighted by Crippen LogP contribution is 2.28. The smallest absolute Gasteiger partial charge is 0.148 e. The standard InChI is InChI=1S/C15H20BrN5/c1-8(2)13-19-14(10(4)15(20-13)21-17)18-12-6-5-11(16)7-9(12)3/h5-8H,17H2,1-4H3,(H2,18,19,20,21). The molecule has 21 heavy (non-hydrogen) atoms. The lowest BCUT2D eigenvalue weighted by atomic mass is 10.1. The third-order valence-electron chi connectivity index (χ3n) is 3.26. The van der Waals surface area contributed by atoms with Crippen LogP contribution < -0.4 is 16.6 Å². The van der Waals surface area contributed by atoms with Crippen molar-refractivity contribution in [2.45, 2.75) is 33.6 Å². The van der Waals surface area contributed by atoms with Crippen LogP contribution in [-0.4, -0.2) is 9.97 Å². The molecule has 1 aromatic heterocycles. The van der Waals surface area contributed by atoms with Gasteiger partial charge in [-0.15, -0.1) is 0 Å². The van der Waals surface area contributed by atoms with Gasteiger partial charge in [0, 0.05) is 21.6 Å². The number of hydrogen-bond donors (Lipinski definition) is 3. The van der Waals surface area contributed by atoms with Crippen molar-refractivity contribution >= 4 is 33.3 Å². The summed E-state index contributed by atoms with van der Waals surface area (Å²) >= 11 is 3.47. The minimum absolute atomic E-state index is 0.226. The molecule has 0 unspecified atom stereocenters. The Hall–Kier alpha value is -1.66. The van der Waals surface area contributed by atoms with Gasteiger partial charge in [-0.3, -0.25) is 0 Å². The summed E-state index contributed by atoms with van der Waals surface area (Å²) in [5.74, 6) is 7.95. The lowest BCUT2D eigenvalue weighted by Crippen LogP contribution is -2.14. The number of nitrogens with one attached hydrogen (secondary N) is 2. The number of hydrogen-bond acceptors (Lipinski definition) is 5. The fourth-order valence-electron chi connectivity index (χ4n) is 1.95. The maximum Gasteiger partial charge on any atom is 0.148 e. The molecule has 1 heterocycles. The average molecular weight is 350 g/mol. The molecule has 2 rings (SSSR count). The SMILES string of the molecule is Cc1cc(Br)ccc1Nc1nc(C(C)C)nc(NN)c1C. The van der Waals surface area contributed by atoms with Gasteiger partial charge >= 0.3 is 0 Å². The van der Waals surface area contributed by atoms with E-state index in [0.717, 1.165) is 32.9 Å². The van der Waals surface area contributed by atoms with E-state index in [-0.39, 0.29) is 5.92 Å². The topological polar surface area (TPSA) is 75.9 Å². The summed E-state index contributed by atoms with van der Waals surface area (Å²) in [5, 5.41) is 3.37. The first-order valence-electron chi connectivity index (χ1n) is 6.80. The molecule has 2 aromatic rings. The Morgan fingerprint density at radius 1 is 1.14 bits per heavy atom. The zero-order chi connectivity index (χ0) is 15.6. The number of nitrogens with two attached hydrogens (primary N) is 1. The molecule has 0 saturated carbocycles. The Kier molecular flexibility index (Phi) is 4.80. The molecule has 6 heteroatoms. The molecule has 0 atom stereocenters. The molecule has 0 spiro atoms. The minimum atomic E-state index is 0.226. The molecule has 0 fully saturated rings. The van der Waals surface area contributed by atoms with Crippen molar-refractivity contribution in [3.63, 3.8) is 0 Å². The van der Waals surface area contributed by atoms with Crippen LogP contribution in [0.1, 0.15) is 36.7 Å². The Morgan fingerprint density at radius 3 is 2.38 bits per heavy atom. The van der Waals surface area contributed by atoms with Crippen LogP contribution in [0.5, 0.6) is 0 Å². The van der Waals surface area contributed by atoms with Crippen molar-refractivity contribution in [3.05, 3.63) is 39.6 Å². The number of hydrazine groups is 1. The molecule has 4 N–H and O–H groups in total. The lowest BCUT2D eigenvalue weighted by Gasteiger charge is -2.16. The molecule has 0 radical (unpaired) electrons. The van der Waals surface area contributed by atoms with E-state index >= 15 is 0 Å². The van der Waals surface area contributed by atoms with E-state index < -0.39 is 0 Å². The van der Waals surface area contributed by atoms with Gasteiger partial charge in [0.2, 0.25) is 0 Å². The maximum atomic E-state index is 5.56. The summed E-state index contributed by atoms with van der Waals surface area (Å²) in [6, 6.07) is 6.08. The van der Waals surface area contributed by atoms with Gasteiger partial charge in [0.25, 0.3) is 0 Å². The Bertz CT molecular complexity index is 655. The van der Waals surface area contributed by atoms with Crippen molar-refractivity contribution in [1.82, 2.24) is 9.97 Å². The van der Waals surface area contributed by atoms with E-state index in [1.807, 2.05) is 19.1 Å². The highest BCUT2D eigenvalue weighted by atomic mass is 79.9. The zero-order valence-electron chi connectivity index (χ0n) is 12.7. The van der Waals surface area contributed by atoms with Crippen LogP contribution >= 0.6 is 15.9 Å². The van der Waals surface area contributed by atoms with E-state index in [2.05, 4.69) is 63.5 Å². The van der Waals surface area contributed by atoms with Crippen LogP contribution in [0.2, 0.25) is 0 Å². The summed E-state index contributed by atoms with van der Waals surface area (Å²) in [7, 11) is 0. The molecule has 0 aliphatic rings. The second-order valence-corrected chi connectivity index (χ2v) is 6.20. The predicted molar refractivity (Wildman–Crippen MR) is 90.8 cm³/mol. The molecular formula is C15H20BrN5. The number of aromatic nitrogens is 2. The fourth-order valence-corrected chi connectivity index (χ4v) is 2.42. The second-order valence-electron chi connectivity index (χ2n) is 5.29. The molecule has 0 aliphatic heterocycles. The molecule has 0 saturated heterocycles. The van der Waals surface area contributed by atoms with Gasteiger partial charge in [-0.05, 0) is 37.6 Å². The van der Waals surface area contributed by atoms with Gasteiger partial charge in [-0.25, -0.2) is 15.8 Å². The third kappa shape index (κ3) is 3.51. The average Bonchev–Trinajstić information content (AvgIpc) is 2.43. The largest absolute Gasteiger partial charge is 0.340 e. The number of rotatable bonds is 4. The number of nitrogens with zero attached hydrogens (tertiary/aromatic N) is 2. The first-order valence-corrected chi connectivity index (χ1v) is 7.60. The first-order chi connectivity index (χ1) is 9.92. The van der Waals surface area contributed by atoms with Crippen LogP contribution in [0.15, 0.2) is 22.7 Å². The zero-order valence-corrected chi connectivity index (χ0v) is 14.2. The van der Waals surface area contributed by atoms with Crippen molar-refractivity contribution in [1.29, 1.82) is 0 Å². The van der Waals surface area contributed by atoms with Crippen LogP contribution in [0.3, 0.4) is 0 Å². The van der Waals surface area contributed by atoms with Gasteiger partial charge in [0.1, 0.15) is 17.5 Å². The molecule has 0 amide bonds. The van der Waals surface area contributed by atoms with Gasteiger partial charge in [0.05, 0.1) is 0 Å². The van der Waals surface area contributed by atoms with Crippen LogP contribution in [-0.2, 0) is 0 Å². The number of benzene rings is 1. The summed E-state index contributed by atoms with van der Waals surface area (Å²) in [6.07, 6.45) is 0. The first kappa shape index (κ1) is 15.7. The number of nitrogen functional groups attached to an aromatic ring is 1. The predicted octanol–water partition coefficient (Wildman–Crippen LogP) is 4.01. The monoisotopic (exact) mass is 349 g/mol. The molecule has 1 aromatic carbocycles. The lowest BCUT2D eigenvalue weighted by molar-refractivity contribution is 0.774. The molecule has 112 valence electrons. The minimum Gasteiger partial charge on any atom is -0.340 e. The van der Waals surface area contributed by atoms with Gasteiger partial charge in [0.15, 0.2) is 0 Å². The van der Waals surface area contributed by atoms with Crippen LogP contribution in [0, 0.1) is 13.8 Å². The van der Waals surface area contributed by atoms with Gasteiger partial charge in [-0.1, -0.05) is 29.8 Å². The Balaban J connectivity index is 2.45. The van der Waals surface area contributed by atoms with Crippen molar-refractivity contribution < 1.29 is 0 Å². The normalized spacial score (nSPS) is 10.8. The van der Waals surface area contributed by atoms with E-state index in [1.165, 1.54) is 0 Å². The molecule has 5 nitrogen and oxygen atoms in total. The van der Waals surface area contributed by atoms with Gasteiger partial charge < -0.3 is 10.7 Å². The van der Waals surface area contributed by atoms with Crippen molar-refractivity contribution in [2.24, 2.45) is 5.84 Å². The van der Waals surface area contributed by atoms with Gasteiger partial charge in [-0.2, -0.15) is 0 Å². The summed E-state index contributed by atoms with van der Waals surface area (Å²) in [6.45, 7) is 8.10. The van der Waals surface area contributed by atoms with Crippen LogP contribution in [0.4, 0.5) is 17.3 Å². The molecule has 0 aliphatic carbocycles. The molecule has 0 bridgehead atoms. The van der Waals surface area contributed by atoms with Crippen molar-refractivity contribution in [2.75, 3.05) is 10.7 Å². The van der Waals surface area contributed by atoms with E-state index in [9.17, 15) is 0 Å². The quantitative estimate of drug-likeness (QED) is 0.574. The van der Waals surface area contributed by atoms with E-state index in [4.69, 9.17) is 5.84 Å². The third-order valence-corrected chi connectivity index (χ3v) is 3.75. The molecular weight excluding hydrogens is 330 g/mol. The van der Waals surface area contributed by atoms with Crippen molar-refractivity contribution in [3.8, 4) is 0 Å². The Morgan fingerprint density at radius 2 is 1.81 bits per heavy atom. The number of anilines is 3. The van der Waals surface area contributed by atoms with E-state index in [1.54, 1.807) is 0 Å². The maximum absolute atomic E-state index is 5.56. The fraction of sp³-hybridized carbons (Fsp3) is 0.333. The van der Waals surface area contributed by atoms with E-state index in [0.29, 0.717) is 5.82 Å². The van der Waals surface area contributed by atoms with Crippen LogP contribution in [0.25, 0.3) is 0 Å². The second kappa shape index (κ2) is 6.41. The highest BCUT2D eigenvalue weighted by Gasteiger charge is 2.13. The number of halogens is 1. The summed E-state index contributed by atoms with van der Waals surface area (Å²) in [5.41, 5.74) is 5.68. The Labute approximate surface area is 133 Å². The highest BCUT2D eigenvalue weighted by molar-refractivity contribution is 9.10. The summed E-state index contributed by atoms with van der Waals surface area (Å²) in [4.78, 5) is 9.04. The number of aryl methyl sites for hydroxylation is 1. The summed E-state index contributed by atoms with van der Waals surface area (Å²) < 4.78 is 1.05.